The van der Waals surface area contributed by atoms with Crippen LogP contribution in [0.1, 0.15) is 33.1 Å². The fraction of sp³-hybridized carbons (Fsp3) is 0.500. The summed E-state index contributed by atoms with van der Waals surface area (Å²) < 4.78 is 0. The summed E-state index contributed by atoms with van der Waals surface area (Å²) >= 11 is 0. The molecule has 128 valence electrons. The third kappa shape index (κ3) is 3.33. The lowest BCUT2D eigenvalue weighted by Gasteiger charge is -2.33. The molecule has 0 spiro atoms. The van der Waals surface area contributed by atoms with E-state index in [9.17, 15) is 14.4 Å². The van der Waals surface area contributed by atoms with Crippen LogP contribution in [0.2, 0.25) is 0 Å². The summed E-state index contributed by atoms with van der Waals surface area (Å²) in [5.41, 5.74) is 1.21. The zero-order chi connectivity index (χ0) is 17.3. The van der Waals surface area contributed by atoms with Crippen LogP contribution in [0.15, 0.2) is 24.3 Å². The molecule has 24 heavy (non-hydrogen) atoms. The van der Waals surface area contributed by atoms with Crippen LogP contribution >= 0.6 is 0 Å². The number of imide groups is 1. The summed E-state index contributed by atoms with van der Waals surface area (Å²) in [6.07, 6.45) is 2.40. The van der Waals surface area contributed by atoms with Gasteiger partial charge in [-0.15, -0.1) is 0 Å². The van der Waals surface area contributed by atoms with Crippen molar-refractivity contribution in [2.24, 2.45) is 5.92 Å². The number of likely N-dealkylation sites (tertiary alicyclic amines) is 1. The number of amides is 3. The predicted octanol–water partition coefficient (Wildman–Crippen LogP) is 2.01. The zero-order valence-corrected chi connectivity index (χ0v) is 14.1. The molecule has 0 saturated carbocycles. The molecule has 6 nitrogen and oxygen atoms in total. The van der Waals surface area contributed by atoms with Crippen molar-refractivity contribution in [3.05, 3.63) is 24.3 Å². The first-order valence-electron chi connectivity index (χ1n) is 8.44. The van der Waals surface area contributed by atoms with Gasteiger partial charge in [-0.3, -0.25) is 19.3 Å². The van der Waals surface area contributed by atoms with Crippen molar-refractivity contribution in [3.8, 4) is 0 Å². The van der Waals surface area contributed by atoms with E-state index in [2.05, 4.69) is 17.1 Å². The van der Waals surface area contributed by atoms with E-state index in [1.165, 1.54) is 11.8 Å². The number of benzene rings is 1. The van der Waals surface area contributed by atoms with E-state index in [1.54, 1.807) is 24.3 Å². The minimum absolute atomic E-state index is 0.137. The second-order valence-corrected chi connectivity index (χ2v) is 6.73. The number of piperidine rings is 1. The van der Waals surface area contributed by atoms with E-state index in [-0.39, 0.29) is 30.2 Å². The number of carbonyl (C=O) groups excluding carboxylic acids is 3. The van der Waals surface area contributed by atoms with Crippen LogP contribution < -0.4 is 10.2 Å². The molecular weight excluding hydrogens is 306 g/mol. The number of carbonyl (C=O) groups is 3. The molecule has 2 fully saturated rings. The molecule has 1 N–H and O–H groups in total. The molecule has 0 radical (unpaired) electrons. The lowest BCUT2D eigenvalue weighted by atomic mass is 9.97. The van der Waals surface area contributed by atoms with Crippen molar-refractivity contribution in [3.63, 3.8) is 0 Å². The first-order chi connectivity index (χ1) is 11.5. The zero-order valence-electron chi connectivity index (χ0n) is 14.1. The van der Waals surface area contributed by atoms with E-state index >= 15 is 0 Å². The molecule has 0 bridgehead atoms. The van der Waals surface area contributed by atoms with Gasteiger partial charge in [0.05, 0.1) is 18.2 Å². The van der Waals surface area contributed by atoms with E-state index in [0.29, 0.717) is 17.3 Å². The van der Waals surface area contributed by atoms with Crippen LogP contribution in [0.3, 0.4) is 0 Å². The Kier molecular flexibility index (Phi) is 4.66. The maximum absolute atomic E-state index is 12.8. The van der Waals surface area contributed by atoms with Crippen molar-refractivity contribution < 1.29 is 14.4 Å². The SMILES string of the molecule is CC(=O)Nc1ccc(N2C(=O)C[C@@H](N3CCC(C)CC3)C2=O)cc1. The smallest absolute Gasteiger partial charge is 0.251 e. The summed E-state index contributed by atoms with van der Waals surface area (Å²) in [7, 11) is 0. The molecule has 2 aliphatic rings. The normalized spacial score (nSPS) is 22.9. The molecule has 2 heterocycles. The first-order valence-corrected chi connectivity index (χ1v) is 8.44. The number of hydrogen-bond donors (Lipinski definition) is 1. The second-order valence-electron chi connectivity index (χ2n) is 6.73. The molecule has 1 aromatic carbocycles. The maximum Gasteiger partial charge on any atom is 0.251 e. The average molecular weight is 329 g/mol. The first kappa shape index (κ1) is 16.6. The number of anilines is 2. The second kappa shape index (κ2) is 6.73. The van der Waals surface area contributed by atoms with E-state index in [4.69, 9.17) is 0 Å². The van der Waals surface area contributed by atoms with Gasteiger partial charge in [0.2, 0.25) is 11.8 Å². The van der Waals surface area contributed by atoms with Crippen LogP contribution in [-0.4, -0.2) is 41.8 Å². The topological polar surface area (TPSA) is 69.7 Å². The van der Waals surface area contributed by atoms with Gasteiger partial charge < -0.3 is 5.32 Å². The predicted molar refractivity (Wildman–Crippen MR) is 91.6 cm³/mol. The monoisotopic (exact) mass is 329 g/mol. The van der Waals surface area contributed by atoms with Gasteiger partial charge in [-0.1, -0.05) is 6.92 Å². The lowest BCUT2D eigenvalue weighted by molar-refractivity contribution is -0.123. The highest BCUT2D eigenvalue weighted by atomic mass is 16.2. The third-order valence-corrected chi connectivity index (χ3v) is 4.83. The molecule has 0 aromatic heterocycles. The molecule has 1 aromatic rings. The summed E-state index contributed by atoms with van der Waals surface area (Å²) in [5, 5.41) is 2.67. The maximum atomic E-state index is 12.8. The van der Waals surface area contributed by atoms with Gasteiger partial charge in [-0.2, -0.15) is 0 Å². The van der Waals surface area contributed by atoms with Gasteiger partial charge in [0.15, 0.2) is 0 Å². The quantitative estimate of drug-likeness (QED) is 0.861. The minimum Gasteiger partial charge on any atom is -0.326 e. The molecule has 3 amide bonds. The number of nitrogens with zero attached hydrogens (tertiary/aromatic N) is 2. The third-order valence-electron chi connectivity index (χ3n) is 4.83. The molecule has 2 aliphatic heterocycles. The Morgan fingerprint density at radius 2 is 1.75 bits per heavy atom. The molecule has 0 unspecified atom stereocenters. The molecule has 3 rings (SSSR count). The Balaban J connectivity index is 1.73. The Labute approximate surface area is 141 Å². The highest BCUT2D eigenvalue weighted by Gasteiger charge is 2.43. The fourth-order valence-corrected chi connectivity index (χ4v) is 3.41. The lowest BCUT2D eigenvalue weighted by Crippen LogP contribution is -2.45. The summed E-state index contributed by atoms with van der Waals surface area (Å²) in [6, 6.07) is 6.46. The summed E-state index contributed by atoms with van der Waals surface area (Å²) in [5.74, 6) is 0.235. The van der Waals surface area contributed by atoms with Crippen LogP contribution in [0, 0.1) is 5.92 Å². The van der Waals surface area contributed by atoms with Gasteiger partial charge in [-0.25, -0.2) is 4.90 Å². The highest BCUT2D eigenvalue weighted by Crippen LogP contribution is 2.29. The average Bonchev–Trinajstić information content (AvgIpc) is 2.83. The molecule has 1 atom stereocenters. The number of hydrogen-bond acceptors (Lipinski definition) is 4. The molecule has 6 heteroatoms. The van der Waals surface area contributed by atoms with Gasteiger partial charge in [-0.05, 0) is 56.1 Å². The van der Waals surface area contributed by atoms with Gasteiger partial charge >= 0.3 is 0 Å². The molecule has 2 saturated heterocycles. The van der Waals surface area contributed by atoms with Gasteiger partial charge in [0.25, 0.3) is 5.91 Å². The summed E-state index contributed by atoms with van der Waals surface area (Å²) in [4.78, 5) is 39.6. The van der Waals surface area contributed by atoms with Crippen molar-refractivity contribution in [1.82, 2.24) is 4.90 Å². The Hall–Kier alpha value is -2.21. The van der Waals surface area contributed by atoms with Gasteiger partial charge in [0.1, 0.15) is 0 Å². The Bertz CT molecular complexity index is 648. The van der Waals surface area contributed by atoms with E-state index in [0.717, 1.165) is 25.9 Å². The van der Waals surface area contributed by atoms with Crippen molar-refractivity contribution in [1.29, 1.82) is 0 Å². The largest absolute Gasteiger partial charge is 0.326 e. The minimum atomic E-state index is -0.333. The Morgan fingerprint density at radius 1 is 1.12 bits per heavy atom. The molecule has 0 aliphatic carbocycles. The van der Waals surface area contributed by atoms with Gasteiger partial charge in [0, 0.05) is 12.6 Å². The Morgan fingerprint density at radius 3 is 2.33 bits per heavy atom. The van der Waals surface area contributed by atoms with Crippen LogP contribution in [0.5, 0.6) is 0 Å². The molecular formula is C18H23N3O3. The van der Waals surface area contributed by atoms with Crippen LogP contribution in [-0.2, 0) is 14.4 Å². The number of nitrogens with one attached hydrogen (secondary N) is 1. The highest BCUT2D eigenvalue weighted by molar-refractivity contribution is 6.22. The van der Waals surface area contributed by atoms with E-state index < -0.39 is 0 Å². The van der Waals surface area contributed by atoms with E-state index in [1.807, 2.05) is 0 Å². The number of rotatable bonds is 3. The standard InChI is InChI=1S/C18H23N3O3/c1-12-7-9-20(10-8-12)16-11-17(23)21(18(16)24)15-5-3-14(4-6-15)19-13(2)22/h3-6,12,16H,7-11H2,1-2H3,(H,19,22)/t16-/m1/s1. The fourth-order valence-electron chi connectivity index (χ4n) is 3.41. The van der Waals surface area contributed by atoms with Crippen molar-refractivity contribution >= 4 is 29.1 Å². The summed E-state index contributed by atoms with van der Waals surface area (Å²) in [6.45, 7) is 5.41. The van der Waals surface area contributed by atoms with Crippen molar-refractivity contribution in [2.75, 3.05) is 23.3 Å². The van der Waals surface area contributed by atoms with Crippen molar-refractivity contribution in [2.45, 2.75) is 39.2 Å². The van der Waals surface area contributed by atoms with Crippen LogP contribution in [0.25, 0.3) is 0 Å². The van der Waals surface area contributed by atoms with Crippen LogP contribution in [0.4, 0.5) is 11.4 Å².